The fourth-order valence-electron chi connectivity index (χ4n) is 2.32. The predicted molar refractivity (Wildman–Crippen MR) is 85.2 cm³/mol. The SMILES string of the molecule is CCCNc1nc(-c2c(C)cccc2C)nc(C)c1C. The minimum absolute atomic E-state index is 0.822. The quantitative estimate of drug-likeness (QED) is 0.904. The van der Waals surface area contributed by atoms with E-state index in [1.807, 2.05) is 6.92 Å². The molecule has 0 bridgehead atoms. The molecule has 0 atom stereocenters. The number of rotatable bonds is 4. The number of benzene rings is 1. The maximum absolute atomic E-state index is 4.74. The van der Waals surface area contributed by atoms with Gasteiger partial charge >= 0.3 is 0 Å². The van der Waals surface area contributed by atoms with E-state index < -0.39 is 0 Å². The van der Waals surface area contributed by atoms with Gasteiger partial charge in [0, 0.05) is 23.4 Å². The number of hydrogen-bond donors (Lipinski definition) is 1. The van der Waals surface area contributed by atoms with Crippen molar-refractivity contribution in [2.24, 2.45) is 0 Å². The molecule has 0 aliphatic rings. The molecule has 20 heavy (non-hydrogen) atoms. The molecule has 106 valence electrons. The minimum Gasteiger partial charge on any atom is -0.370 e. The Bertz CT molecular complexity index is 598. The highest BCUT2D eigenvalue weighted by molar-refractivity contribution is 5.66. The third-order valence-corrected chi connectivity index (χ3v) is 3.64. The van der Waals surface area contributed by atoms with Crippen LogP contribution in [0.4, 0.5) is 5.82 Å². The fraction of sp³-hybridized carbons (Fsp3) is 0.412. The van der Waals surface area contributed by atoms with Crippen molar-refractivity contribution >= 4 is 5.82 Å². The second-order valence-corrected chi connectivity index (χ2v) is 5.30. The Kier molecular flexibility index (Phi) is 4.38. The van der Waals surface area contributed by atoms with E-state index >= 15 is 0 Å². The number of nitrogens with one attached hydrogen (secondary N) is 1. The summed E-state index contributed by atoms with van der Waals surface area (Å²) in [6, 6.07) is 6.30. The lowest BCUT2D eigenvalue weighted by molar-refractivity contribution is 0.954. The molecule has 1 N–H and O–H groups in total. The van der Waals surface area contributed by atoms with Crippen LogP contribution in [-0.2, 0) is 0 Å². The van der Waals surface area contributed by atoms with Gasteiger partial charge in [0.05, 0.1) is 0 Å². The molecule has 0 radical (unpaired) electrons. The van der Waals surface area contributed by atoms with Crippen LogP contribution in [0.3, 0.4) is 0 Å². The molecular weight excluding hydrogens is 246 g/mol. The molecule has 0 unspecified atom stereocenters. The first-order chi connectivity index (χ1) is 9.54. The standard InChI is InChI=1S/C17H23N3/c1-6-10-18-16-13(4)14(5)19-17(20-16)15-11(2)8-7-9-12(15)3/h7-9H,6,10H2,1-5H3,(H,18,19,20). The Balaban J connectivity index is 2.55. The van der Waals surface area contributed by atoms with Crippen LogP contribution < -0.4 is 5.32 Å². The molecule has 0 fully saturated rings. The summed E-state index contributed by atoms with van der Waals surface area (Å²) < 4.78 is 0. The zero-order valence-electron chi connectivity index (χ0n) is 13.0. The van der Waals surface area contributed by atoms with Crippen molar-refractivity contribution in [1.29, 1.82) is 0 Å². The summed E-state index contributed by atoms with van der Waals surface area (Å²) in [5.74, 6) is 1.78. The molecule has 2 aromatic rings. The van der Waals surface area contributed by atoms with E-state index in [1.54, 1.807) is 0 Å². The molecule has 0 aliphatic carbocycles. The summed E-state index contributed by atoms with van der Waals surface area (Å²) in [6.45, 7) is 11.4. The van der Waals surface area contributed by atoms with Gasteiger partial charge in [-0.05, 0) is 45.2 Å². The van der Waals surface area contributed by atoms with Crippen LogP contribution in [0.2, 0.25) is 0 Å². The second-order valence-electron chi connectivity index (χ2n) is 5.30. The Labute approximate surface area is 121 Å². The number of aryl methyl sites for hydroxylation is 3. The molecule has 0 saturated carbocycles. The Morgan fingerprint density at radius 1 is 1.00 bits per heavy atom. The Morgan fingerprint density at radius 2 is 1.65 bits per heavy atom. The molecule has 1 aromatic heterocycles. The molecular formula is C17H23N3. The van der Waals surface area contributed by atoms with Gasteiger partial charge in [-0.1, -0.05) is 25.1 Å². The Morgan fingerprint density at radius 3 is 2.25 bits per heavy atom. The molecule has 0 saturated heterocycles. The van der Waals surface area contributed by atoms with Gasteiger partial charge in [-0.15, -0.1) is 0 Å². The average molecular weight is 269 g/mol. The van der Waals surface area contributed by atoms with Crippen molar-refractivity contribution in [2.75, 3.05) is 11.9 Å². The minimum atomic E-state index is 0.822. The number of anilines is 1. The first kappa shape index (κ1) is 14.5. The zero-order chi connectivity index (χ0) is 14.7. The largest absolute Gasteiger partial charge is 0.370 e. The van der Waals surface area contributed by atoms with E-state index in [-0.39, 0.29) is 0 Å². The van der Waals surface area contributed by atoms with Gasteiger partial charge in [-0.25, -0.2) is 9.97 Å². The van der Waals surface area contributed by atoms with Gasteiger partial charge in [0.25, 0.3) is 0 Å². The average Bonchev–Trinajstić information content (AvgIpc) is 2.40. The third-order valence-electron chi connectivity index (χ3n) is 3.64. The van der Waals surface area contributed by atoms with E-state index in [0.717, 1.165) is 41.4 Å². The lowest BCUT2D eigenvalue weighted by Crippen LogP contribution is -2.08. The zero-order valence-corrected chi connectivity index (χ0v) is 13.0. The third kappa shape index (κ3) is 2.82. The van der Waals surface area contributed by atoms with Crippen LogP contribution >= 0.6 is 0 Å². The fourth-order valence-corrected chi connectivity index (χ4v) is 2.32. The van der Waals surface area contributed by atoms with E-state index in [0.29, 0.717) is 0 Å². The smallest absolute Gasteiger partial charge is 0.162 e. The topological polar surface area (TPSA) is 37.8 Å². The second kappa shape index (κ2) is 6.04. The van der Waals surface area contributed by atoms with Crippen LogP contribution in [0.1, 0.15) is 35.7 Å². The van der Waals surface area contributed by atoms with E-state index in [2.05, 4.69) is 56.2 Å². The summed E-state index contributed by atoms with van der Waals surface area (Å²) in [4.78, 5) is 9.42. The maximum atomic E-state index is 4.74. The molecule has 3 heteroatoms. The number of hydrogen-bond acceptors (Lipinski definition) is 3. The molecule has 2 rings (SSSR count). The summed E-state index contributed by atoms with van der Waals surface area (Å²) in [5.41, 5.74) is 5.75. The maximum Gasteiger partial charge on any atom is 0.162 e. The van der Waals surface area contributed by atoms with Crippen LogP contribution in [-0.4, -0.2) is 16.5 Å². The van der Waals surface area contributed by atoms with Crippen molar-refractivity contribution in [3.63, 3.8) is 0 Å². The predicted octanol–water partition coefficient (Wildman–Crippen LogP) is 4.20. The van der Waals surface area contributed by atoms with E-state index in [9.17, 15) is 0 Å². The van der Waals surface area contributed by atoms with Gasteiger partial charge in [0.1, 0.15) is 5.82 Å². The van der Waals surface area contributed by atoms with Crippen LogP contribution in [0.15, 0.2) is 18.2 Å². The lowest BCUT2D eigenvalue weighted by atomic mass is 10.0. The van der Waals surface area contributed by atoms with Gasteiger partial charge < -0.3 is 5.32 Å². The number of nitrogens with zero attached hydrogens (tertiary/aromatic N) is 2. The van der Waals surface area contributed by atoms with Crippen molar-refractivity contribution in [3.05, 3.63) is 40.6 Å². The summed E-state index contributed by atoms with van der Waals surface area (Å²) >= 11 is 0. The van der Waals surface area contributed by atoms with Gasteiger partial charge in [0.2, 0.25) is 0 Å². The number of aromatic nitrogens is 2. The van der Waals surface area contributed by atoms with Gasteiger partial charge in [0.15, 0.2) is 5.82 Å². The molecule has 0 amide bonds. The van der Waals surface area contributed by atoms with Crippen LogP contribution in [0, 0.1) is 27.7 Å². The van der Waals surface area contributed by atoms with Crippen LogP contribution in [0.25, 0.3) is 11.4 Å². The van der Waals surface area contributed by atoms with E-state index in [1.165, 1.54) is 11.1 Å². The summed E-state index contributed by atoms with van der Waals surface area (Å²) in [5, 5.41) is 3.40. The highest BCUT2D eigenvalue weighted by Gasteiger charge is 2.12. The highest BCUT2D eigenvalue weighted by Crippen LogP contribution is 2.27. The molecule has 1 aromatic carbocycles. The first-order valence-electron chi connectivity index (χ1n) is 7.20. The summed E-state index contributed by atoms with van der Waals surface area (Å²) in [7, 11) is 0. The Hall–Kier alpha value is -1.90. The highest BCUT2D eigenvalue weighted by atomic mass is 15.0. The summed E-state index contributed by atoms with van der Waals surface area (Å²) in [6.07, 6.45) is 1.08. The van der Waals surface area contributed by atoms with Crippen molar-refractivity contribution in [2.45, 2.75) is 41.0 Å². The van der Waals surface area contributed by atoms with Crippen LogP contribution in [0.5, 0.6) is 0 Å². The van der Waals surface area contributed by atoms with Crippen molar-refractivity contribution in [3.8, 4) is 11.4 Å². The van der Waals surface area contributed by atoms with Gasteiger partial charge in [-0.2, -0.15) is 0 Å². The van der Waals surface area contributed by atoms with Gasteiger partial charge in [-0.3, -0.25) is 0 Å². The van der Waals surface area contributed by atoms with Crippen molar-refractivity contribution < 1.29 is 0 Å². The normalized spacial score (nSPS) is 10.7. The monoisotopic (exact) mass is 269 g/mol. The molecule has 0 spiro atoms. The molecule has 3 nitrogen and oxygen atoms in total. The molecule has 1 heterocycles. The molecule has 0 aliphatic heterocycles. The van der Waals surface area contributed by atoms with Crippen molar-refractivity contribution in [1.82, 2.24) is 9.97 Å². The van der Waals surface area contributed by atoms with E-state index in [4.69, 9.17) is 4.98 Å². The lowest BCUT2D eigenvalue weighted by Gasteiger charge is -2.14. The first-order valence-corrected chi connectivity index (χ1v) is 7.20.